The van der Waals surface area contributed by atoms with Crippen LogP contribution in [0.1, 0.15) is 11.1 Å². The van der Waals surface area contributed by atoms with Crippen LogP contribution in [0.3, 0.4) is 0 Å². The van der Waals surface area contributed by atoms with Crippen LogP contribution >= 0.6 is 0 Å². The van der Waals surface area contributed by atoms with Crippen LogP contribution in [0.2, 0.25) is 0 Å². The second kappa shape index (κ2) is 8.62. The summed E-state index contributed by atoms with van der Waals surface area (Å²) in [6.07, 6.45) is 0.451. The van der Waals surface area contributed by atoms with Gasteiger partial charge in [-0.3, -0.25) is 10.1 Å². The Morgan fingerprint density at radius 1 is 1.11 bits per heavy atom. The summed E-state index contributed by atoms with van der Waals surface area (Å²) in [5.74, 6) is -1.58. The number of carbonyl (C=O) groups excluding carboxylic acids is 3. The van der Waals surface area contributed by atoms with Crippen LogP contribution in [0, 0.1) is 5.82 Å². The molecule has 0 aliphatic carbocycles. The number of methoxy groups -OCH3 is 1. The number of hydrogen-bond acceptors (Lipinski definition) is 4. The molecule has 0 saturated heterocycles. The van der Waals surface area contributed by atoms with E-state index in [1.807, 2.05) is 24.3 Å². The predicted octanol–water partition coefficient (Wildman–Crippen LogP) is 0.657. The van der Waals surface area contributed by atoms with Crippen LogP contribution in [0.5, 0.6) is 0 Å². The standard InChI is InChI=1S/C20H20FN3O4/c1-28-19(26)17-10-13-6-2-3-7-14(13)11-24(17)12-18(25)23-20(27)22-16-9-5-4-8-15(16)21/h2-9,17H,10-12H2,1H3,(H2,22,23,25,27)/p+1/t17-/m1/s1. The number of urea groups is 1. The Labute approximate surface area is 161 Å². The van der Waals surface area contributed by atoms with Crippen molar-refractivity contribution in [1.29, 1.82) is 0 Å². The van der Waals surface area contributed by atoms with Crippen molar-refractivity contribution in [2.45, 2.75) is 19.0 Å². The molecule has 2 atom stereocenters. The lowest BCUT2D eigenvalue weighted by atomic mass is 9.94. The first-order valence-electron chi connectivity index (χ1n) is 8.82. The molecule has 0 bridgehead atoms. The molecule has 3 N–H and O–H groups in total. The van der Waals surface area contributed by atoms with E-state index in [4.69, 9.17) is 4.74 Å². The number of carbonyl (C=O) groups is 3. The second-order valence-electron chi connectivity index (χ2n) is 6.54. The topological polar surface area (TPSA) is 88.9 Å². The summed E-state index contributed by atoms with van der Waals surface area (Å²) in [6, 6.07) is 12.0. The first-order valence-corrected chi connectivity index (χ1v) is 8.82. The first kappa shape index (κ1) is 19.5. The molecular weight excluding hydrogens is 365 g/mol. The molecule has 0 saturated carbocycles. The van der Waals surface area contributed by atoms with Gasteiger partial charge in [0.15, 0.2) is 12.6 Å². The maximum Gasteiger partial charge on any atom is 0.365 e. The Kier molecular flexibility index (Phi) is 6.00. The van der Waals surface area contributed by atoms with Gasteiger partial charge in [-0.2, -0.15) is 0 Å². The molecule has 7 nitrogen and oxygen atoms in total. The van der Waals surface area contributed by atoms with E-state index in [1.54, 1.807) is 6.07 Å². The average Bonchev–Trinajstić information content (AvgIpc) is 2.68. The van der Waals surface area contributed by atoms with Crippen molar-refractivity contribution in [3.8, 4) is 0 Å². The summed E-state index contributed by atoms with van der Waals surface area (Å²) in [6.45, 7) is 0.358. The normalized spacial score (nSPS) is 17.9. The van der Waals surface area contributed by atoms with Gasteiger partial charge in [-0.25, -0.2) is 14.0 Å². The molecule has 146 valence electrons. The Morgan fingerprint density at radius 3 is 2.50 bits per heavy atom. The summed E-state index contributed by atoms with van der Waals surface area (Å²) >= 11 is 0. The quantitative estimate of drug-likeness (QED) is 0.674. The SMILES string of the molecule is COC(=O)[C@H]1Cc2ccccc2C[NH+]1CC(=O)NC(=O)Nc1ccccc1F. The van der Waals surface area contributed by atoms with Crippen LogP contribution in [-0.4, -0.2) is 37.6 Å². The third kappa shape index (κ3) is 4.52. The lowest BCUT2D eigenvalue weighted by molar-refractivity contribution is -0.924. The number of ether oxygens (including phenoxy) is 1. The Morgan fingerprint density at radius 2 is 1.79 bits per heavy atom. The van der Waals surface area contributed by atoms with E-state index < -0.39 is 29.8 Å². The second-order valence-corrected chi connectivity index (χ2v) is 6.54. The van der Waals surface area contributed by atoms with Crippen molar-refractivity contribution >= 4 is 23.6 Å². The largest absolute Gasteiger partial charge is 0.465 e. The lowest BCUT2D eigenvalue weighted by Gasteiger charge is -2.31. The molecule has 1 unspecified atom stereocenters. The maximum atomic E-state index is 13.6. The number of hydrogen-bond donors (Lipinski definition) is 3. The van der Waals surface area contributed by atoms with Crippen molar-refractivity contribution in [1.82, 2.24) is 5.32 Å². The molecule has 2 aromatic rings. The summed E-state index contributed by atoms with van der Waals surface area (Å²) in [5.41, 5.74) is 2.06. The van der Waals surface area contributed by atoms with Gasteiger partial charge in [0.25, 0.3) is 5.91 Å². The Balaban J connectivity index is 1.65. The molecule has 1 heterocycles. The summed E-state index contributed by atoms with van der Waals surface area (Å²) in [5, 5.41) is 4.47. The van der Waals surface area contributed by atoms with Gasteiger partial charge in [0.2, 0.25) is 0 Å². The molecule has 0 spiro atoms. The zero-order chi connectivity index (χ0) is 20.1. The van der Waals surface area contributed by atoms with Gasteiger partial charge in [-0.1, -0.05) is 36.4 Å². The summed E-state index contributed by atoms with van der Waals surface area (Å²) < 4.78 is 18.5. The lowest BCUT2D eigenvalue weighted by Crippen LogP contribution is -3.17. The van der Waals surface area contributed by atoms with Crippen LogP contribution < -0.4 is 15.5 Å². The van der Waals surface area contributed by atoms with Gasteiger partial charge in [-0.15, -0.1) is 0 Å². The number of quaternary nitrogens is 1. The minimum Gasteiger partial charge on any atom is -0.465 e. The molecule has 0 fully saturated rings. The van der Waals surface area contributed by atoms with Gasteiger partial charge in [-0.05, 0) is 17.7 Å². The minimum atomic E-state index is -0.832. The molecule has 3 amide bonds. The van der Waals surface area contributed by atoms with E-state index in [0.29, 0.717) is 17.9 Å². The molecule has 1 aliphatic rings. The summed E-state index contributed by atoms with van der Waals surface area (Å²) in [4.78, 5) is 37.2. The predicted molar refractivity (Wildman–Crippen MR) is 99.0 cm³/mol. The van der Waals surface area contributed by atoms with Gasteiger partial charge < -0.3 is 15.0 Å². The fourth-order valence-electron chi connectivity index (χ4n) is 3.33. The average molecular weight is 386 g/mol. The molecule has 0 radical (unpaired) electrons. The number of amides is 3. The molecular formula is C20H21FN3O4+. The highest BCUT2D eigenvalue weighted by Gasteiger charge is 2.37. The molecule has 1 aliphatic heterocycles. The molecule has 0 aromatic heterocycles. The van der Waals surface area contributed by atoms with Crippen molar-refractivity contribution in [2.24, 2.45) is 0 Å². The number of para-hydroxylation sites is 1. The van der Waals surface area contributed by atoms with Crippen LogP contribution in [-0.2, 0) is 27.3 Å². The Bertz CT molecular complexity index is 903. The maximum absolute atomic E-state index is 13.6. The van der Waals surface area contributed by atoms with Gasteiger partial charge in [0.05, 0.1) is 12.8 Å². The highest BCUT2D eigenvalue weighted by atomic mass is 19.1. The number of halogens is 1. The number of fused-ring (bicyclic) bond motifs is 1. The number of rotatable bonds is 4. The highest BCUT2D eigenvalue weighted by molar-refractivity contribution is 6.01. The fraction of sp³-hybridized carbons (Fsp3) is 0.250. The third-order valence-electron chi connectivity index (χ3n) is 4.70. The Hall–Kier alpha value is -3.26. The van der Waals surface area contributed by atoms with Crippen molar-refractivity contribution < 1.29 is 28.4 Å². The monoisotopic (exact) mass is 386 g/mol. The van der Waals surface area contributed by atoms with E-state index in [1.165, 1.54) is 25.3 Å². The molecule has 3 rings (SSSR count). The van der Waals surface area contributed by atoms with Crippen LogP contribution in [0.25, 0.3) is 0 Å². The number of esters is 1. The molecule has 8 heteroatoms. The van der Waals surface area contributed by atoms with Gasteiger partial charge in [0, 0.05) is 12.0 Å². The zero-order valence-corrected chi connectivity index (χ0v) is 15.3. The van der Waals surface area contributed by atoms with E-state index >= 15 is 0 Å². The third-order valence-corrected chi connectivity index (χ3v) is 4.70. The smallest absolute Gasteiger partial charge is 0.365 e. The van der Waals surface area contributed by atoms with E-state index in [0.717, 1.165) is 11.1 Å². The zero-order valence-electron chi connectivity index (χ0n) is 15.3. The number of anilines is 1. The minimum absolute atomic E-state index is 0.0283. The van der Waals surface area contributed by atoms with E-state index in [9.17, 15) is 18.8 Å². The van der Waals surface area contributed by atoms with Crippen LogP contribution in [0.4, 0.5) is 14.9 Å². The van der Waals surface area contributed by atoms with Crippen LogP contribution in [0.15, 0.2) is 48.5 Å². The highest BCUT2D eigenvalue weighted by Crippen LogP contribution is 2.14. The van der Waals surface area contributed by atoms with Gasteiger partial charge >= 0.3 is 12.0 Å². The number of nitrogens with one attached hydrogen (secondary N) is 3. The first-order chi connectivity index (χ1) is 13.5. The van der Waals surface area contributed by atoms with Crippen molar-refractivity contribution in [3.05, 3.63) is 65.5 Å². The van der Waals surface area contributed by atoms with E-state index in [-0.39, 0.29) is 12.2 Å². The number of imide groups is 1. The van der Waals surface area contributed by atoms with E-state index in [2.05, 4.69) is 10.6 Å². The molecule has 2 aromatic carbocycles. The van der Waals surface area contributed by atoms with Crippen molar-refractivity contribution in [3.63, 3.8) is 0 Å². The van der Waals surface area contributed by atoms with Gasteiger partial charge in [0.1, 0.15) is 12.4 Å². The van der Waals surface area contributed by atoms with Crippen molar-refractivity contribution in [2.75, 3.05) is 19.0 Å². The fourth-order valence-corrected chi connectivity index (χ4v) is 3.33. The number of benzene rings is 2. The molecule has 28 heavy (non-hydrogen) atoms. The summed E-state index contributed by atoms with van der Waals surface area (Å²) in [7, 11) is 1.31.